The SMILES string of the molecule is CC(C)(C)c1cc(F)cc(OCC2CC2)c1. The van der Waals surface area contributed by atoms with E-state index in [1.807, 2.05) is 6.07 Å². The van der Waals surface area contributed by atoms with Crippen LogP contribution in [0.1, 0.15) is 39.2 Å². The van der Waals surface area contributed by atoms with E-state index in [2.05, 4.69) is 20.8 Å². The second-order valence-electron chi connectivity index (χ2n) is 5.68. The van der Waals surface area contributed by atoms with E-state index in [1.54, 1.807) is 6.07 Å². The van der Waals surface area contributed by atoms with Gasteiger partial charge in [-0.2, -0.15) is 0 Å². The molecule has 0 unspecified atom stereocenters. The molecule has 1 aliphatic carbocycles. The molecule has 2 rings (SSSR count). The second kappa shape index (κ2) is 4.08. The summed E-state index contributed by atoms with van der Waals surface area (Å²) in [6.45, 7) is 6.96. The minimum atomic E-state index is -0.210. The summed E-state index contributed by atoms with van der Waals surface area (Å²) in [6.07, 6.45) is 2.50. The normalized spacial score (nSPS) is 16.2. The first-order valence-electron chi connectivity index (χ1n) is 5.89. The maximum atomic E-state index is 13.4. The summed E-state index contributed by atoms with van der Waals surface area (Å²) in [5.74, 6) is 1.15. The summed E-state index contributed by atoms with van der Waals surface area (Å²) >= 11 is 0. The highest BCUT2D eigenvalue weighted by Gasteiger charge is 2.22. The molecule has 0 saturated heterocycles. The van der Waals surface area contributed by atoms with Crippen LogP contribution in [0.4, 0.5) is 4.39 Å². The molecule has 0 aliphatic heterocycles. The van der Waals surface area contributed by atoms with Gasteiger partial charge >= 0.3 is 0 Å². The lowest BCUT2D eigenvalue weighted by atomic mass is 9.87. The lowest BCUT2D eigenvalue weighted by Crippen LogP contribution is -2.12. The first kappa shape index (κ1) is 11.4. The summed E-state index contributed by atoms with van der Waals surface area (Å²) in [7, 11) is 0. The van der Waals surface area contributed by atoms with Crippen LogP contribution in [0.2, 0.25) is 0 Å². The van der Waals surface area contributed by atoms with E-state index in [9.17, 15) is 4.39 Å². The fourth-order valence-corrected chi connectivity index (χ4v) is 1.58. The molecular weight excluding hydrogens is 203 g/mol. The molecule has 1 aromatic rings. The van der Waals surface area contributed by atoms with Crippen molar-refractivity contribution in [1.82, 2.24) is 0 Å². The van der Waals surface area contributed by atoms with Gasteiger partial charge in [0.15, 0.2) is 0 Å². The van der Waals surface area contributed by atoms with Crippen molar-refractivity contribution in [1.29, 1.82) is 0 Å². The highest BCUT2D eigenvalue weighted by molar-refractivity contribution is 5.33. The molecule has 88 valence electrons. The number of benzene rings is 1. The zero-order chi connectivity index (χ0) is 11.8. The lowest BCUT2D eigenvalue weighted by Gasteiger charge is -2.20. The van der Waals surface area contributed by atoms with Gasteiger partial charge in [0.1, 0.15) is 11.6 Å². The molecule has 0 N–H and O–H groups in total. The Morgan fingerprint density at radius 2 is 1.94 bits per heavy atom. The predicted octanol–water partition coefficient (Wildman–Crippen LogP) is 3.91. The van der Waals surface area contributed by atoms with E-state index in [-0.39, 0.29) is 11.2 Å². The third-order valence-corrected chi connectivity index (χ3v) is 2.92. The fraction of sp³-hybridized carbons (Fsp3) is 0.571. The van der Waals surface area contributed by atoms with Gasteiger partial charge in [-0.1, -0.05) is 20.8 Å². The van der Waals surface area contributed by atoms with E-state index < -0.39 is 0 Å². The Kier molecular flexibility index (Phi) is 2.92. The standard InChI is InChI=1S/C14H19FO/c1-14(2,3)11-6-12(15)8-13(7-11)16-9-10-4-5-10/h6-8,10H,4-5,9H2,1-3H3. The summed E-state index contributed by atoms with van der Waals surface area (Å²) in [6, 6.07) is 5.01. The molecule has 0 atom stereocenters. The second-order valence-corrected chi connectivity index (χ2v) is 5.68. The lowest BCUT2D eigenvalue weighted by molar-refractivity contribution is 0.297. The Bertz CT molecular complexity index is 375. The van der Waals surface area contributed by atoms with Crippen molar-refractivity contribution in [2.45, 2.75) is 39.0 Å². The Hall–Kier alpha value is -1.05. The first-order valence-corrected chi connectivity index (χ1v) is 5.89. The van der Waals surface area contributed by atoms with Crippen LogP contribution in [0, 0.1) is 11.7 Å². The smallest absolute Gasteiger partial charge is 0.127 e. The molecule has 0 bridgehead atoms. The van der Waals surface area contributed by atoms with Crippen molar-refractivity contribution in [2.75, 3.05) is 6.61 Å². The molecule has 1 nitrogen and oxygen atoms in total. The average Bonchev–Trinajstić information content (AvgIpc) is 2.96. The molecule has 0 radical (unpaired) electrons. The van der Waals surface area contributed by atoms with Crippen molar-refractivity contribution in [3.05, 3.63) is 29.6 Å². The minimum absolute atomic E-state index is 0.0419. The number of ether oxygens (including phenoxy) is 1. The number of rotatable bonds is 3. The molecule has 1 aliphatic rings. The maximum absolute atomic E-state index is 13.4. The third kappa shape index (κ3) is 2.97. The van der Waals surface area contributed by atoms with Gasteiger partial charge < -0.3 is 4.74 Å². The van der Waals surface area contributed by atoms with Crippen molar-refractivity contribution in [2.24, 2.45) is 5.92 Å². The summed E-state index contributed by atoms with van der Waals surface area (Å²) < 4.78 is 19.0. The van der Waals surface area contributed by atoms with Crippen LogP contribution in [0.25, 0.3) is 0 Å². The molecule has 2 heteroatoms. The molecule has 1 aromatic carbocycles. The van der Waals surface area contributed by atoms with Crippen LogP contribution in [0.5, 0.6) is 5.75 Å². The Labute approximate surface area is 96.6 Å². The highest BCUT2D eigenvalue weighted by atomic mass is 19.1. The van der Waals surface area contributed by atoms with Gasteiger partial charge in [0.25, 0.3) is 0 Å². The third-order valence-electron chi connectivity index (χ3n) is 2.92. The van der Waals surface area contributed by atoms with Crippen molar-refractivity contribution in [3.63, 3.8) is 0 Å². The van der Waals surface area contributed by atoms with Crippen LogP contribution < -0.4 is 4.74 Å². The van der Waals surface area contributed by atoms with E-state index in [1.165, 1.54) is 18.9 Å². The monoisotopic (exact) mass is 222 g/mol. The van der Waals surface area contributed by atoms with Gasteiger partial charge in [-0.15, -0.1) is 0 Å². The Balaban J connectivity index is 2.14. The summed E-state index contributed by atoms with van der Waals surface area (Å²) in [5, 5.41) is 0. The van der Waals surface area contributed by atoms with E-state index in [4.69, 9.17) is 4.74 Å². The molecule has 0 spiro atoms. The summed E-state index contributed by atoms with van der Waals surface area (Å²) in [4.78, 5) is 0. The van der Waals surface area contributed by atoms with Crippen molar-refractivity contribution in [3.8, 4) is 5.75 Å². The van der Waals surface area contributed by atoms with Gasteiger partial charge in [-0.3, -0.25) is 0 Å². The number of hydrogen-bond acceptors (Lipinski definition) is 1. The van der Waals surface area contributed by atoms with Crippen molar-refractivity contribution >= 4 is 0 Å². The largest absolute Gasteiger partial charge is 0.493 e. The van der Waals surface area contributed by atoms with Gasteiger partial charge in [-0.05, 0) is 41.9 Å². The fourth-order valence-electron chi connectivity index (χ4n) is 1.58. The van der Waals surface area contributed by atoms with Gasteiger partial charge in [-0.25, -0.2) is 4.39 Å². The highest BCUT2D eigenvalue weighted by Crippen LogP contribution is 2.31. The van der Waals surface area contributed by atoms with Gasteiger partial charge in [0, 0.05) is 6.07 Å². The summed E-state index contributed by atoms with van der Waals surface area (Å²) in [5.41, 5.74) is 0.943. The van der Waals surface area contributed by atoms with Gasteiger partial charge in [0.05, 0.1) is 6.61 Å². The molecule has 1 saturated carbocycles. The Morgan fingerprint density at radius 1 is 1.25 bits per heavy atom. The predicted molar refractivity (Wildman–Crippen MR) is 63.3 cm³/mol. The zero-order valence-electron chi connectivity index (χ0n) is 10.2. The molecule has 16 heavy (non-hydrogen) atoms. The average molecular weight is 222 g/mol. The number of hydrogen-bond donors (Lipinski definition) is 0. The molecule has 0 amide bonds. The Morgan fingerprint density at radius 3 is 2.50 bits per heavy atom. The number of halogens is 1. The first-order chi connectivity index (χ1) is 7.45. The molecule has 1 fully saturated rings. The van der Waals surface area contributed by atoms with Crippen LogP contribution in [-0.2, 0) is 5.41 Å². The molecule has 0 aromatic heterocycles. The minimum Gasteiger partial charge on any atom is -0.493 e. The van der Waals surface area contributed by atoms with Crippen LogP contribution in [-0.4, -0.2) is 6.61 Å². The maximum Gasteiger partial charge on any atom is 0.127 e. The van der Waals surface area contributed by atoms with Gasteiger partial charge in [0.2, 0.25) is 0 Å². The van der Waals surface area contributed by atoms with Crippen LogP contribution in [0.3, 0.4) is 0 Å². The quantitative estimate of drug-likeness (QED) is 0.753. The van der Waals surface area contributed by atoms with E-state index in [0.29, 0.717) is 11.7 Å². The molecule has 0 heterocycles. The van der Waals surface area contributed by atoms with Crippen LogP contribution in [0.15, 0.2) is 18.2 Å². The van der Waals surface area contributed by atoms with Crippen LogP contribution >= 0.6 is 0 Å². The topological polar surface area (TPSA) is 9.23 Å². The van der Waals surface area contributed by atoms with E-state index >= 15 is 0 Å². The molecular formula is C14H19FO. The zero-order valence-corrected chi connectivity index (χ0v) is 10.2. The van der Waals surface area contributed by atoms with E-state index in [0.717, 1.165) is 12.2 Å². The van der Waals surface area contributed by atoms with Crippen molar-refractivity contribution < 1.29 is 9.13 Å².